The number of carbonyl (C=O) groups excluding carboxylic acids is 1. The Morgan fingerprint density at radius 2 is 1.90 bits per heavy atom. The van der Waals surface area contributed by atoms with Gasteiger partial charge in [-0.15, -0.1) is 0 Å². The van der Waals surface area contributed by atoms with Gasteiger partial charge in [-0.25, -0.2) is 0 Å². The molecule has 2 aliphatic heterocycles. The SMILES string of the molecule is CN1CCN(CCCNC(=O)CC2CCNCC2)CC1. The molecule has 0 saturated carbocycles. The van der Waals surface area contributed by atoms with Gasteiger partial charge in [0.2, 0.25) is 5.91 Å². The number of carbonyl (C=O) groups is 1. The fourth-order valence-electron chi connectivity index (χ4n) is 3.02. The van der Waals surface area contributed by atoms with Gasteiger partial charge < -0.3 is 20.4 Å². The molecule has 1 amide bonds. The first-order valence-corrected chi connectivity index (χ1v) is 8.12. The molecule has 0 aromatic carbocycles. The molecular formula is C15H30N4O. The maximum atomic E-state index is 11.9. The van der Waals surface area contributed by atoms with Crippen LogP contribution in [0.1, 0.15) is 25.7 Å². The van der Waals surface area contributed by atoms with Crippen LogP contribution >= 0.6 is 0 Å². The number of rotatable bonds is 6. The van der Waals surface area contributed by atoms with E-state index in [0.717, 1.165) is 51.9 Å². The van der Waals surface area contributed by atoms with E-state index in [4.69, 9.17) is 0 Å². The lowest BCUT2D eigenvalue weighted by Gasteiger charge is -2.32. The molecule has 5 nitrogen and oxygen atoms in total. The number of likely N-dealkylation sites (N-methyl/N-ethyl adjacent to an activating group) is 1. The maximum Gasteiger partial charge on any atom is 0.220 e. The molecule has 20 heavy (non-hydrogen) atoms. The Morgan fingerprint density at radius 3 is 2.60 bits per heavy atom. The molecule has 0 radical (unpaired) electrons. The molecule has 2 rings (SSSR count). The second kappa shape index (κ2) is 8.60. The van der Waals surface area contributed by atoms with Crippen LogP contribution in [0.25, 0.3) is 0 Å². The van der Waals surface area contributed by atoms with Gasteiger partial charge in [0.05, 0.1) is 0 Å². The van der Waals surface area contributed by atoms with Crippen molar-refractivity contribution in [3.8, 4) is 0 Å². The standard InChI is InChI=1S/C15H30N4O/c1-18-9-11-19(12-10-18)8-2-5-17-15(20)13-14-3-6-16-7-4-14/h14,16H,2-13H2,1H3,(H,17,20). The van der Waals surface area contributed by atoms with E-state index in [-0.39, 0.29) is 5.91 Å². The van der Waals surface area contributed by atoms with Crippen LogP contribution < -0.4 is 10.6 Å². The molecule has 2 aliphatic rings. The molecular weight excluding hydrogens is 252 g/mol. The summed E-state index contributed by atoms with van der Waals surface area (Å²) >= 11 is 0. The molecule has 2 fully saturated rings. The number of piperidine rings is 1. The zero-order valence-corrected chi connectivity index (χ0v) is 12.9. The van der Waals surface area contributed by atoms with Gasteiger partial charge in [-0.05, 0) is 51.9 Å². The molecule has 5 heteroatoms. The molecule has 0 atom stereocenters. The average Bonchev–Trinajstić information content (AvgIpc) is 2.46. The first-order chi connectivity index (χ1) is 9.74. The van der Waals surface area contributed by atoms with Crippen LogP contribution in [0, 0.1) is 5.92 Å². The molecule has 0 aromatic rings. The summed E-state index contributed by atoms with van der Waals surface area (Å²) in [5.74, 6) is 0.837. The van der Waals surface area contributed by atoms with Crippen LogP contribution in [-0.4, -0.2) is 75.1 Å². The molecule has 0 bridgehead atoms. The molecule has 0 unspecified atom stereocenters. The van der Waals surface area contributed by atoms with Crippen molar-refractivity contribution < 1.29 is 4.79 Å². The Kier molecular flexibility index (Phi) is 6.76. The van der Waals surface area contributed by atoms with Crippen molar-refractivity contribution in [2.75, 3.05) is 59.4 Å². The summed E-state index contributed by atoms with van der Waals surface area (Å²) in [4.78, 5) is 16.7. The number of hydrogen-bond donors (Lipinski definition) is 2. The van der Waals surface area contributed by atoms with Gasteiger partial charge in [0.1, 0.15) is 0 Å². The van der Waals surface area contributed by atoms with Gasteiger partial charge in [-0.2, -0.15) is 0 Å². The van der Waals surface area contributed by atoms with Gasteiger partial charge in [-0.3, -0.25) is 4.79 Å². The lowest BCUT2D eigenvalue weighted by Crippen LogP contribution is -2.45. The lowest BCUT2D eigenvalue weighted by atomic mass is 9.94. The Labute approximate surface area is 123 Å². The highest BCUT2D eigenvalue weighted by atomic mass is 16.1. The van der Waals surface area contributed by atoms with E-state index in [2.05, 4.69) is 27.5 Å². The molecule has 116 valence electrons. The summed E-state index contributed by atoms with van der Waals surface area (Å²) in [6.07, 6.45) is 4.08. The Balaban J connectivity index is 1.48. The number of hydrogen-bond acceptors (Lipinski definition) is 4. The highest BCUT2D eigenvalue weighted by molar-refractivity contribution is 5.76. The summed E-state index contributed by atoms with van der Waals surface area (Å²) < 4.78 is 0. The van der Waals surface area contributed by atoms with Crippen LogP contribution in [0.4, 0.5) is 0 Å². The lowest BCUT2D eigenvalue weighted by molar-refractivity contribution is -0.122. The molecule has 0 aromatic heterocycles. The molecule has 2 N–H and O–H groups in total. The monoisotopic (exact) mass is 282 g/mol. The first-order valence-electron chi connectivity index (χ1n) is 8.12. The van der Waals surface area contributed by atoms with E-state index in [1.165, 1.54) is 26.2 Å². The summed E-state index contributed by atoms with van der Waals surface area (Å²) in [5, 5.41) is 6.42. The van der Waals surface area contributed by atoms with E-state index in [1.54, 1.807) is 0 Å². The number of nitrogens with one attached hydrogen (secondary N) is 2. The second-order valence-electron chi connectivity index (χ2n) is 6.25. The van der Waals surface area contributed by atoms with Crippen LogP contribution in [0.2, 0.25) is 0 Å². The third kappa shape index (κ3) is 5.77. The van der Waals surface area contributed by atoms with Crippen molar-refractivity contribution in [1.29, 1.82) is 0 Å². The first kappa shape index (κ1) is 15.7. The zero-order chi connectivity index (χ0) is 14.2. The summed E-state index contributed by atoms with van der Waals surface area (Å²) in [6.45, 7) is 8.75. The average molecular weight is 282 g/mol. The smallest absolute Gasteiger partial charge is 0.220 e. The van der Waals surface area contributed by atoms with E-state index in [9.17, 15) is 4.79 Å². The number of piperazine rings is 1. The summed E-state index contributed by atoms with van der Waals surface area (Å²) in [5.41, 5.74) is 0. The van der Waals surface area contributed by atoms with Crippen molar-refractivity contribution >= 4 is 5.91 Å². The number of nitrogens with zero attached hydrogens (tertiary/aromatic N) is 2. The van der Waals surface area contributed by atoms with Crippen LogP contribution in [0.15, 0.2) is 0 Å². The van der Waals surface area contributed by atoms with Crippen LogP contribution in [-0.2, 0) is 4.79 Å². The van der Waals surface area contributed by atoms with E-state index in [1.807, 2.05) is 0 Å². The quantitative estimate of drug-likeness (QED) is 0.680. The van der Waals surface area contributed by atoms with Crippen molar-refractivity contribution in [2.45, 2.75) is 25.7 Å². The van der Waals surface area contributed by atoms with Gasteiger partial charge >= 0.3 is 0 Å². The van der Waals surface area contributed by atoms with Crippen molar-refractivity contribution in [3.63, 3.8) is 0 Å². The molecule has 0 spiro atoms. The molecule has 2 saturated heterocycles. The normalized spacial score (nSPS) is 22.9. The Morgan fingerprint density at radius 1 is 1.20 bits per heavy atom. The minimum atomic E-state index is 0.246. The van der Waals surface area contributed by atoms with Gasteiger partial charge in [0.15, 0.2) is 0 Å². The highest BCUT2D eigenvalue weighted by Gasteiger charge is 2.16. The minimum Gasteiger partial charge on any atom is -0.356 e. The maximum absolute atomic E-state index is 11.9. The highest BCUT2D eigenvalue weighted by Crippen LogP contribution is 2.15. The summed E-state index contributed by atoms with van der Waals surface area (Å²) in [6, 6.07) is 0. The molecule has 0 aliphatic carbocycles. The minimum absolute atomic E-state index is 0.246. The van der Waals surface area contributed by atoms with E-state index >= 15 is 0 Å². The van der Waals surface area contributed by atoms with Crippen molar-refractivity contribution in [1.82, 2.24) is 20.4 Å². The third-order valence-corrected chi connectivity index (χ3v) is 4.50. The van der Waals surface area contributed by atoms with Crippen molar-refractivity contribution in [3.05, 3.63) is 0 Å². The Bertz CT molecular complexity index is 284. The third-order valence-electron chi connectivity index (χ3n) is 4.50. The van der Waals surface area contributed by atoms with Crippen LogP contribution in [0.3, 0.4) is 0 Å². The summed E-state index contributed by atoms with van der Waals surface area (Å²) in [7, 11) is 2.18. The fraction of sp³-hybridized carbons (Fsp3) is 0.933. The predicted octanol–water partition coefficient (Wildman–Crippen LogP) is 0.130. The molecule has 2 heterocycles. The van der Waals surface area contributed by atoms with Crippen LogP contribution in [0.5, 0.6) is 0 Å². The zero-order valence-electron chi connectivity index (χ0n) is 12.9. The van der Waals surface area contributed by atoms with Gasteiger partial charge in [-0.1, -0.05) is 0 Å². The van der Waals surface area contributed by atoms with E-state index < -0.39 is 0 Å². The Hall–Kier alpha value is -0.650. The largest absolute Gasteiger partial charge is 0.356 e. The topological polar surface area (TPSA) is 47.6 Å². The van der Waals surface area contributed by atoms with Gasteiger partial charge in [0, 0.05) is 39.1 Å². The van der Waals surface area contributed by atoms with Gasteiger partial charge in [0.25, 0.3) is 0 Å². The predicted molar refractivity (Wildman–Crippen MR) is 81.8 cm³/mol. The fourth-order valence-corrected chi connectivity index (χ4v) is 3.02. The van der Waals surface area contributed by atoms with E-state index in [0.29, 0.717) is 5.92 Å². The van der Waals surface area contributed by atoms with Crippen molar-refractivity contribution in [2.24, 2.45) is 5.92 Å². The second-order valence-corrected chi connectivity index (χ2v) is 6.25. The number of amides is 1.